The van der Waals surface area contributed by atoms with E-state index in [4.69, 9.17) is 10.8 Å². The van der Waals surface area contributed by atoms with E-state index in [9.17, 15) is 14.3 Å². The first-order chi connectivity index (χ1) is 12.3. The Morgan fingerprint density at radius 1 is 1.50 bits per heavy atom. The molecular formula is C19H18FN3O3. The Kier molecular flexibility index (Phi) is 3.65. The van der Waals surface area contributed by atoms with Crippen molar-refractivity contribution in [2.24, 2.45) is 5.73 Å². The summed E-state index contributed by atoms with van der Waals surface area (Å²) in [6.45, 7) is 0.796. The smallest absolute Gasteiger partial charge is 0.268 e. The zero-order chi connectivity index (χ0) is 18.6. The average Bonchev–Trinajstić information content (AvgIpc) is 2.89. The Morgan fingerprint density at radius 3 is 2.88 bits per heavy atom. The highest BCUT2D eigenvalue weighted by molar-refractivity contribution is 5.91. The third kappa shape index (κ3) is 2.59. The number of primary amides is 1. The number of nitrogens with zero attached hydrogens (tertiary/aromatic N) is 2. The molecule has 134 valence electrons. The normalized spacial score (nSPS) is 22.0. The molecule has 3 heterocycles. The summed E-state index contributed by atoms with van der Waals surface area (Å²) in [7, 11) is 0. The number of aromatic nitrogens is 2. The number of benzene rings is 1. The van der Waals surface area contributed by atoms with Crippen molar-refractivity contribution in [2.45, 2.75) is 37.3 Å². The highest BCUT2D eigenvalue weighted by Crippen LogP contribution is 2.52. The molecule has 2 aromatic rings. The van der Waals surface area contributed by atoms with Crippen LogP contribution >= 0.6 is 0 Å². The minimum Gasteiger partial charge on any atom is -0.392 e. The number of halogens is 1. The molecule has 2 aliphatic heterocycles. The van der Waals surface area contributed by atoms with E-state index in [2.05, 4.69) is 16.8 Å². The van der Waals surface area contributed by atoms with Crippen molar-refractivity contribution in [1.82, 2.24) is 9.55 Å². The van der Waals surface area contributed by atoms with E-state index in [1.807, 2.05) is 4.57 Å². The number of aliphatic hydroxyl groups is 2. The van der Waals surface area contributed by atoms with Gasteiger partial charge in [0.05, 0.1) is 12.2 Å². The fourth-order valence-electron chi connectivity index (χ4n) is 3.52. The molecule has 4 N–H and O–H groups in total. The summed E-state index contributed by atoms with van der Waals surface area (Å²) in [5.74, 6) is 4.80. The topological polar surface area (TPSA) is 101 Å². The van der Waals surface area contributed by atoms with Gasteiger partial charge in [-0.05, 0) is 43.4 Å². The van der Waals surface area contributed by atoms with Gasteiger partial charge in [0.25, 0.3) is 5.91 Å². The maximum absolute atomic E-state index is 14.5. The molecule has 1 aliphatic carbocycles. The first-order valence-electron chi connectivity index (χ1n) is 8.38. The van der Waals surface area contributed by atoms with Gasteiger partial charge in [-0.15, -0.1) is 0 Å². The first-order valence-corrected chi connectivity index (χ1v) is 8.38. The lowest BCUT2D eigenvalue weighted by molar-refractivity contribution is 0.0518. The lowest BCUT2D eigenvalue weighted by Crippen LogP contribution is -2.26. The second-order valence-corrected chi connectivity index (χ2v) is 7.14. The number of hydrogen-bond donors (Lipinski definition) is 3. The van der Waals surface area contributed by atoms with Crippen molar-refractivity contribution in [2.75, 3.05) is 6.61 Å². The summed E-state index contributed by atoms with van der Waals surface area (Å²) in [6.07, 6.45) is 3.37. The lowest BCUT2D eigenvalue weighted by Gasteiger charge is -2.34. The van der Waals surface area contributed by atoms with E-state index < -0.39 is 23.9 Å². The van der Waals surface area contributed by atoms with Gasteiger partial charge < -0.3 is 20.5 Å². The molecule has 1 aromatic carbocycles. The van der Waals surface area contributed by atoms with Gasteiger partial charge in [-0.1, -0.05) is 11.8 Å². The molecule has 1 atom stereocenters. The largest absolute Gasteiger partial charge is 0.392 e. The fraction of sp³-hybridized carbons (Fsp3) is 0.368. The highest BCUT2D eigenvalue weighted by atomic mass is 19.1. The summed E-state index contributed by atoms with van der Waals surface area (Å²) in [5.41, 5.74) is 5.59. The standard InChI is InChI=1S/C19H18FN3O3/c1-19(26,9-24)3-2-10-6-14-13(7-15(10)20)11-4-12(5-11)23-8-16(17(21)25)22-18(14)23/h6-8,11-12,24,26H,4-5,9H2,1H3,(H2,21,25). The first kappa shape index (κ1) is 16.8. The van der Waals surface area contributed by atoms with Crippen LogP contribution in [0.2, 0.25) is 0 Å². The monoisotopic (exact) mass is 355 g/mol. The molecule has 1 amide bonds. The molecule has 26 heavy (non-hydrogen) atoms. The van der Waals surface area contributed by atoms with Gasteiger partial charge in [0.15, 0.2) is 0 Å². The van der Waals surface area contributed by atoms with Crippen molar-refractivity contribution < 1.29 is 19.4 Å². The van der Waals surface area contributed by atoms with Gasteiger partial charge in [-0.25, -0.2) is 9.37 Å². The molecule has 5 rings (SSSR count). The minimum absolute atomic E-state index is 0.103. The third-order valence-corrected chi connectivity index (χ3v) is 5.09. The van der Waals surface area contributed by atoms with Crippen molar-refractivity contribution in [3.8, 4) is 23.2 Å². The lowest BCUT2D eigenvalue weighted by atomic mass is 9.75. The van der Waals surface area contributed by atoms with E-state index in [0.29, 0.717) is 5.82 Å². The molecule has 1 fully saturated rings. The van der Waals surface area contributed by atoms with Gasteiger partial charge in [-0.2, -0.15) is 0 Å². The summed E-state index contributed by atoms with van der Waals surface area (Å²) in [5, 5.41) is 18.9. The van der Waals surface area contributed by atoms with E-state index in [0.717, 1.165) is 24.0 Å². The van der Waals surface area contributed by atoms with Crippen LogP contribution in [-0.2, 0) is 0 Å². The number of rotatable bonds is 2. The summed E-state index contributed by atoms with van der Waals surface area (Å²) >= 11 is 0. The van der Waals surface area contributed by atoms with Crippen molar-refractivity contribution in [3.63, 3.8) is 0 Å². The third-order valence-electron chi connectivity index (χ3n) is 5.09. The molecule has 1 aromatic heterocycles. The van der Waals surface area contributed by atoms with Crippen LogP contribution in [0.5, 0.6) is 0 Å². The van der Waals surface area contributed by atoms with Crippen LogP contribution in [0, 0.1) is 17.7 Å². The Morgan fingerprint density at radius 2 is 2.23 bits per heavy atom. The van der Waals surface area contributed by atoms with Crippen LogP contribution in [0.4, 0.5) is 4.39 Å². The van der Waals surface area contributed by atoms with E-state index >= 15 is 0 Å². The maximum atomic E-state index is 14.5. The van der Waals surface area contributed by atoms with E-state index in [1.54, 1.807) is 12.3 Å². The molecule has 6 nitrogen and oxygen atoms in total. The predicted octanol–water partition coefficient (Wildman–Crippen LogP) is 1.31. The van der Waals surface area contributed by atoms with Gasteiger partial charge >= 0.3 is 0 Å². The number of aliphatic hydroxyl groups excluding tert-OH is 1. The number of carbonyl (C=O) groups excluding carboxylic acids is 1. The van der Waals surface area contributed by atoms with Gasteiger partial charge in [0.1, 0.15) is 22.9 Å². The van der Waals surface area contributed by atoms with Crippen LogP contribution < -0.4 is 5.73 Å². The predicted molar refractivity (Wildman–Crippen MR) is 91.7 cm³/mol. The Bertz CT molecular complexity index is 978. The highest BCUT2D eigenvalue weighted by Gasteiger charge is 2.39. The quantitative estimate of drug-likeness (QED) is 0.707. The van der Waals surface area contributed by atoms with Gasteiger partial charge in [0.2, 0.25) is 0 Å². The van der Waals surface area contributed by atoms with Crippen LogP contribution in [0.25, 0.3) is 11.4 Å². The second kappa shape index (κ2) is 5.66. The number of hydrogen-bond acceptors (Lipinski definition) is 4. The van der Waals surface area contributed by atoms with Crippen LogP contribution in [-0.4, -0.2) is 37.9 Å². The Hall–Kier alpha value is -2.69. The molecule has 3 aliphatic rings. The number of amides is 1. The molecule has 1 saturated carbocycles. The zero-order valence-corrected chi connectivity index (χ0v) is 14.2. The van der Waals surface area contributed by atoms with Crippen LogP contribution in [0.1, 0.15) is 53.3 Å². The fourth-order valence-corrected chi connectivity index (χ4v) is 3.52. The summed E-state index contributed by atoms with van der Waals surface area (Å²) < 4.78 is 16.5. The summed E-state index contributed by atoms with van der Waals surface area (Å²) in [6, 6.07) is 3.27. The molecule has 0 radical (unpaired) electrons. The van der Waals surface area contributed by atoms with Crippen molar-refractivity contribution in [3.05, 3.63) is 41.0 Å². The summed E-state index contributed by atoms with van der Waals surface area (Å²) in [4.78, 5) is 15.9. The average molecular weight is 355 g/mol. The SMILES string of the molecule is CC(O)(C#Cc1cc2c(cc1F)C1CC(C1)n1cc(C(N)=O)nc1-2)CO. The minimum atomic E-state index is -1.61. The zero-order valence-electron chi connectivity index (χ0n) is 14.2. The van der Waals surface area contributed by atoms with Gasteiger partial charge in [-0.3, -0.25) is 4.79 Å². The molecular weight excluding hydrogens is 337 g/mol. The van der Waals surface area contributed by atoms with Crippen molar-refractivity contribution >= 4 is 5.91 Å². The molecule has 7 heteroatoms. The van der Waals surface area contributed by atoms with Crippen molar-refractivity contribution in [1.29, 1.82) is 0 Å². The number of nitrogens with two attached hydrogens (primary N) is 1. The number of imidazole rings is 1. The molecule has 0 spiro atoms. The van der Waals surface area contributed by atoms with Crippen LogP contribution in [0.3, 0.4) is 0 Å². The maximum Gasteiger partial charge on any atom is 0.268 e. The van der Waals surface area contributed by atoms with Crippen LogP contribution in [0.15, 0.2) is 18.3 Å². The van der Waals surface area contributed by atoms with Gasteiger partial charge in [0, 0.05) is 17.8 Å². The molecule has 2 bridgehead atoms. The molecule has 0 saturated heterocycles. The molecule has 1 unspecified atom stereocenters. The van der Waals surface area contributed by atoms with E-state index in [-0.39, 0.29) is 23.2 Å². The second-order valence-electron chi connectivity index (χ2n) is 7.14. The Labute approximate surface area is 149 Å². The number of carbonyl (C=O) groups is 1. The van der Waals surface area contributed by atoms with E-state index in [1.165, 1.54) is 13.0 Å². The Balaban J connectivity index is 1.88.